The SMILES string of the molecule is CC(C)c1cccc(OCC(=O)N2CCCCC2C)c1. The van der Waals surface area contributed by atoms with Crippen LogP contribution >= 0.6 is 0 Å². The highest BCUT2D eigenvalue weighted by Gasteiger charge is 2.23. The number of likely N-dealkylation sites (tertiary alicyclic amines) is 1. The first-order chi connectivity index (χ1) is 9.58. The third kappa shape index (κ3) is 3.75. The van der Waals surface area contributed by atoms with Gasteiger partial charge in [-0.15, -0.1) is 0 Å². The van der Waals surface area contributed by atoms with Crippen molar-refractivity contribution in [3.8, 4) is 5.75 Å². The normalized spacial score (nSPS) is 19.2. The minimum atomic E-state index is 0.104. The molecule has 0 N–H and O–H groups in total. The lowest BCUT2D eigenvalue weighted by Gasteiger charge is -2.33. The molecule has 1 saturated heterocycles. The second-order valence-electron chi connectivity index (χ2n) is 5.95. The van der Waals surface area contributed by atoms with Gasteiger partial charge in [0, 0.05) is 12.6 Å². The van der Waals surface area contributed by atoms with Gasteiger partial charge in [0.05, 0.1) is 0 Å². The molecule has 1 heterocycles. The minimum Gasteiger partial charge on any atom is -0.484 e. The summed E-state index contributed by atoms with van der Waals surface area (Å²) in [5.74, 6) is 1.36. The highest BCUT2D eigenvalue weighted by Crippen LogP contribution is 2.21. The van der Waals surface area contributed by atoms with Crippen molar-refractivity contribution in [2.45, 2.75) is 52.0 Å². The highest BCUT2D eigenvalue weighted by atomic mass is 16.5. The average molecular weight is 275 g/mol. The Morgan fingerprint density at radius 2 is 2.20 bits per heavy atom. The van der Waals surface area contributed by atoms with Gasteiger partial charge in [0.2, 0.25) is 0 Å². The Labute approximate surface area is 121 Å². The summed E-state index contributed by atoms with van der Waals surface area (Å²) in [5.41, 5.74) is 1.24. The van der Waals surface area contributed by atoms with Gasteiger partial charge in [-0.2, -0.15) is 0 Å². The van der Waals surface area contributed by atoms with E-state index < -0.39 is 0 Å². The lowest BCUT2D eigenvalue weighted by molar-refractivity contribution is -0.136. The van der Waals surface area contributed by atoms with Crippen LogP contribution in [0.15, 0.2) is 24.3 Å². The van der Waals surface area contributed by atoms with Crippen LogP contribution in [0, 0.1) is 0 Å². The molecule has 0 bridgehead atoms. The molecule has 110 valence electrons. The number of carbonyl (C=O) groups is 1. The van der Waals surface area contributed by atoms with Crippen LogP contribution in [0.5, 0.6) is 5.75 Å². The maximum absolute atomic E-state index is 12.2. The first-order valence-corrected chi connectivity index (χ1v) is 7.60. The van der Waals surface area contributed by atoms with Crippen LogP contribution in [0.1, 0.15) is 51.5 Å². The van der Waals surface area contributed by atoms with Crippen LogP contribution in [0.4, 0.5) is 0 Å². The summed E-state index contributed by atoms with van der Waals surface area (Å²) in [5, 5.41) is 0. The Bertz CT molecular complexity index is 456. The van der Waals surface area contributed by atoms with E-state index in [4.69, 9.17) is 4.74 Å². The predicted molar refractivity (Wildman–Crippen MR) is 81.1 cm³/mol. The largest absolute Gasteiger partial charge is 0.484 e. The molecule has 0 saturated carbocycles. The Balaban J connectivity index is 1.91. The van der Waals surface area contributed by atoms with E-state index in [2.05, 4.69) is 26.8 Å². The highest BCUT2D eigenvalue weighted by molar-refractivity contribution is 5.78. The molecule has 0 spiro atoms. The number of ether oxygens (including phenoxy) is 1. The van der Waals surface area contributed by atoms with Crippen molar-refractivity contribution in [1.29, 1.82) is 0 Å². The number of amides is 1. The molecule has 1 aliphatic heterocycles. The first-order valence-electron chi connectivity index (χ1n) is 7.60. The van der Waals surface area contributed by atoms with E-state index in [0.717, 1.165) is 25.1 Å². The molecule has 1 amide bonds. The van der Waals surface area contributed by atoms with Crippen molar-refractivity contribution in [3.05, 3.63) is 29.8 Å². The maximum atomic E-state index is 12.2. The lowest BCUT2D eigenvalue weighted by atomic mass is 10.0. The first kappa shape index (κ1) is 14.9. The Morgan fingerprint density at radius 1 is 1.40 bits per heavy atom. The zero-order valence-corrected chi connectivity index (χ0v) is 12.8. The molecule has 3 nitrogen and oxygen atoms in total. The third-order valence-corrected chi connectivity index (χ3v) is 4.01. The molecule has 1 unspecified atom stereocenters. The smallest absolute Gasteiger partial charge is 0.260 e. The van der Waals surface area contributed by atoms with Crippen LogP contribution in [0.25, 0.3) is 0 Å². The van der Waals surface area contributed by atoms with Crippen molar-refractivity contribution in [2.75, 3.05) is 13.2 Å². The fraction of sp³-hybridized carbons (Fsp3) is 0.588. The van der Waals surface area contributed by atoms with Crippen LogP contribution in [0.2, 0.25) is 0 Å². The Kier molecular flexibility index (Phi) is 5.05. The van der Waals surface area contributed by atoms with Crippen LogP contribution in [-0.4, -0.2) is 30.0 Å². The molecular formula is C17H25NO2. The van der Waals surface area contributed by atoms with E-state index in [1.54, 1.807) is 0 Å². The zero-order chi connectivity index (χ0) is 14.5. The topological polar surface area (TPSA) is 29.5 Å². The van der Waals surface area contributed by atoms with Crippen LogP contribution in [0.3, 0.4) is 0 Å². The third-order valence-electron chi connectivity index (χ3n) is 4.01. The second-order valence-corrected chi connectivity index (χ2v) is 5.95. The Hall–Kier alpha value is -1.51. The zero-order valence-electron chi connectivity index (χ0n) is 12.8. The summed E-state index contributed by atoms with van der Waals surface area (Å²) in [4.78, 5) is 14.2. The van der Waals surface area contributed by atoms with Gasteiger partial charge in [-0.05, 0) is 49.8 Å². The molecule has 20 heavy (non-hydrogen) atoms. The van der Waals surface area contributed by atoms with Gasteiger partial charge in [0.25, 0.3) is 5.91 Å². The van der Waals surface area contributed by atoms with Crippen LogP contribution < -0.4 is 4.74 Å². The average Bonchev–Trinajstić information content (AvgIpc) is 2.45. The predicted octanol–water partition coefficient (Wildman–Crippen LogP) is 3.59. The summed E-state index contributed by atoms with van der Waals surface area (Å²) in [6, 6.07) is 8.36. The molecule has 2 rings (SSSR count). The number of nitrogens with zero attached hydrogens (tertiary/aromatic N) is 1. The lowest BCUT2D eigenvalue weighted by Crippen LogP contribution is -2.44. The van der Waals surface area contributed by atoms with Gasteiger partial charge >= 0.3 is 0 Å². The summed E-state index contributed by atoms with van der Waals surface area (Å²) >= 11 is 0. The van der Waals surface area contributed by atoms with Crippen molar-refractivity contribution >= 4 is 5.91 Å². The number of benzene rings is 1. The fourth-order valence-corrected chi connectivity index (χ4v) is 2.66. The minimum absolute atomic E-state index is 0.104. The van der Waals surface area contributed by atoms with Crippen molar-refractivity contribution in [2.24, 2.45) is 0 Å². The van der Waals surface area contributed by atoms with E-state index in [9.17, 15) is 4.79 Å². The van der Waals surface area contributed by atoms with Crippen LogP contribution in [-0.2, 0) is 4.79 Å². The summed E-state index contributed by atoms with van der Waals surface area (Å²) < 4.78 is 5.67. The van der Waals surface area contributed by atoms with Gasteiger partial charge in [0.15, 0.2) is 6.61 Å². The molecular weight excluding hydrogens is 250 g/mol. The molecule has 0 radical (unpaired) electrons. The monoisotopic (exact) mass is 275 g/mol. The molecule has 1 aromatic carbocycles. The fourth-order valence-electron chi connectivity index (χ4n) is 2.66. The number of carbonyl (C=O) groups excluding carboxylic acids is 1. The van der Waals surface area contributed by atoms with E-state index in [1.165, 1.54) is 12.0 Å². The van der Waals surface area contributed by atoms with Gasteiger partial charge in [-0.1, -0.05) is 26.0 Å². The molecule has 1 fully saturated rings. The standard InChI is InChI=1S/C17H25NO2/c1-13(2)15-8-6-9-16(11-15)20-12-17(19)18-10-5-4-7-14(18)3/h6,8-9,11,13-14H,4-5,7,10,12H2,1-3H3. The second kappa shape index (κ2) is 6.78. The van der Waals surface area contributed by atoms with E-state index >= 15 is 0 Å². The van der Waals surface area contributed by atoms with Gasteiger partial charge in [-0.3, -0.25) is 4.79 Å². The molecule has 0 aliphatic carbocycles. The number of rotatable bonds is 4. The van der Waals surface area contributed by atoms with E-state index in [0.29, 0.717) is 12.0 Å². The summed E-state index contributed by atoms with van der Waals surface area (Å²) in [6.45, 7) is 7.44. The van der Waals surface area contributed by atoms with Gasteiger partial charge in [0.1, 0.15) is 5.75 Å². The van der Waals surface area contributed by atoms with E-state index in [1.807, 2.05) is 23.1 Å². The van der Waals surface area contributed by atoms with Gasteiger partial charge in [-0.25, -0.2) is 0 Å². The summed E-state index contributed by atoms with van der Waals surface area (Å²) in [6.07, 6.45) is 3.44. The number of hydrogen-bond donors (Lipinski definition) is 0. The van der Waals surface area contributed by atoms with Gasteiger partial charge < -0.3 is 9.64 Å². The van der Waals surface area contributed by atoms with Crippen molar-refractivity contribution < 1.29 is 9.53 Å². The van der Waals surface area contributed by atoms with E-state index in [-0.39, 0.29) is 12.5 Å². The van der Waals surface area contributed by atoms with Crippen molar-refractivity contribution in [1.82, 2.24) is 4.90 Å². The Morgan fingerprint density at radius 3 is 2.90 bits per heavy atom. The number of piperidine rings is 1. The maximum Gasteiger partial charge on any atom is 0.260 e. The number of hydrogen-bond acceptors (Lipinski definition) is 2. The quantitative estimate of drug-likeness (QED) is 0.840. The molecule has 1 aromatic rings. The summed E-state index contributed by atoms with van der Waals surface area (Å²) in [7, 11) is 0. The molecule has 1 aliphatic rings. The molecule has 0 aromatic heterocycles. The molecule has 1 atom stereocenters. The van der Waals surface area contributed by atoms with Crippen molar-refractivity contribution in [3.63, 3.8) is 0 Å². The molecule has 3 heteroatoms.